The Morgan fingerprint density at radius 3 is 2.35 bits per heavy atom. The van der Waals surface area contributed by atoms with Crippen molar-refractivity contribution in [1.29, 1.82) is 0 Å². The van der Waals surface area contributed by atoms with E-state index >= 15 is 0 Å². The molecular formula is C37H37Cl4N3O4. The third kappa shape index (κ3) is 4.99. The SMILES string of the molecule is CC1=CC(C)(C)N(C)c2cc3c(cc21)C1(OC(=O)c2c(Cl)c(Cl)c(Cl)c(Cl)c21)c1cc2c(cc1O3)N(CCCC(=O)NC(C)C)CCC2. The van der Waals surface area contributed by atoms with Crippen LogP contribution < -0.4 is 19.9 Å². The van der Waals surface area contributed by atoms with Gasteiger partial charge in [-0.2, -0.15) is 0 Å². The van der Waals surface area contributed by atoms with Crippen LogP contribution in [0.25, 0.3) is 5.57 Å². The van der Waals surface area contributed by atoms with Gasteiger partial charge in [-0.3, -0.25) is 4.79 Å². The fourth-order valence-corrected chi connectivity index (χ4v) is 8.74. The van der Waals surface area contributed by atoms with Gasteiger partial charge in [0.25, 0.3) is 0 Å². The van der Waals surface area contributed by atoms with Crippen molar-refractivity contribution in [3.8, 4) is 11.5 Å². The molecule has 4 heterocycles. The number of anilines is 2. The molecule has 1 N–H and O–H groups in total. The van der Waals surface area contributed by atoms with E-state index in [0.717, 1.165) is 47.5 Å². The summed E-state index contributed by atoms with van der Waals surface area (Å²) in [6.07, 6.45) is 5.12. The summed E-state index contributed by atoms with van der Waals surface area (Å²) >= 11 is 27.0. The molecule has 0 aliphatic carbocycles. The predicted octanol–water partition coefficient (Wildman–Crippen LogP) is 9.56. The fraction of sp³-hybridized carbons (Fsp3) is 0.405. The standard InChI is InChI=1S/C37H37Cl4N3O4/c1-18(2)42-28(45)10-8-12-44-11-7-9-20-13-22-26(15-24(20)44)47-27-16-25-21(19(3)17-36(4,5)43(25)6)14-23(27)37(22)30-29(35(46)48-37)31(38)33(40)34(41)32(30)39/h13-18H,7-12H2,1-6H3,(H,42,45). The molecule has 0 aromatic heterocycles. The lowest BCUT2D eigenvalue weighted by molar-refractivity contribution is -0.121. The van der Waals surface area contributed by atoms with Gasteiger partial charge in [0.05, 0.1) is 31.2 Å². The zero-order valence-corrected chi connectivity index (χ0v) is 30.8. The van der Waals surface area contributed by atoms with E-state index in [2.05, 4.69) is 55.1 Å². The number of aryl methyl sites for hydroxylation is 1. The smallest absolute Gasteiger partial charge is 0.341 e. The number of hydrogen-bond donors (Lipinski definition) is 1. The van der Waals surface area contributed by atoms with E-state index in [9.17, 15) is 9.59 Å². The first-order valence-electron chi connectivity index (χ1n) is 16.3. The molecule has 3 aromatic rings. The number of carbonyl (C=O) groups is 2. The van der Waals surface area contributed by atoms with E-state index in [1.54, 1.807) is 0 Å². The van der Waals surface area contributed by atoms with Crippen LogP contribution in [0.1, 0.15) is 92.1 Å². The number of hydrogen-bond acceptors (Lipinski definition) is 6. The summed E-state index contributed by atoms with van der Waals surface area (Å²) in [6.45, 7) is 11.9. The normalized spacial score (nSPS) is 20.0. The maximum atomic E-state index is 13.9. The fourth-order valence-electron chi connectivity index (χ4n) is 7.68. The molecule has 7 nitrogen and oxygen atoms in total. The predicted molar refractivity (Wildman–Crippen MR) is 194 cm³/mol. The molecule has 48 heavy (non-hydrogen) atoms. The summed E-state index contributed by atoms with van der Waals surface area (Å²) < 4.78 is 13.3. The molecule has 0 bridgehead atoms. The quantitative estimate of drug-likeness (QED) is 0.160. The highest BCUT2D eigenvalue weighted by atomic mass is 35.5. The van der Waals surface area contributed by atoms with Crippen molar-refractivity contribution in [2.75, 3.05) is 29.9 Å². The number of amides is 1. The van der Waals surface area contributed by atoms with E-state index in [1.165, 1.54) is 0 Å². The maximum absolute atomic E-state index is 13.9. The van der Waals surface area contributed by atoms with Gasteiger partial charge in [-0.05, 0) is 77.2 Å². The number of carbonyl (C=O) groups excluding carboxylic acids is 2. The first-order chi connectivity index (χ1) is 22.7. The Bertz CT molecular complexity index is 1960. The molecule has 252 valence electrons. The highest BCUT2D eigenvalue weighted by molar-refractivity contribution is 6.53. The average Bonchev–Trinajstić information content (AvgIpc) is 3.33. The zero-order chi connectivity index (χ0) is 34.4. The van der Waals surface area contributed by atoms with E-state index in [-0.39, 0.29) is 43.1 Å². The van der Waals surface area contributed by atoms with Crippen LogP contribution in [0.15, 0.2) is 30.3 Å². The summed E-state index contributed by atoms with van der Waals surface area (Å²) in [6, 6.07) is 8.25. The van der Waals surface area contributed by atoms with E-state index in [0.29, 0.717) is 47.6 Å². The topological polar surface area (TPSA) is 71.1 Å². The van der Waals surface area contributed by atoms with E-state index < -0.39 is 11.6 Å². The zero-order valence-electron chi connectivity index (χ0n) is 27.7. The number of likely N-dealkylation sites (N-methyl/N-ethyl adjacent to an activating group) is 1. The van der Waals surface area contributed by atoms with Gasteiger partial charge in [-0.15, -0.1) is 0 Å². The number of allylic oxidation sites excluding steroid dienone is 1. The lowest BCUT2D eigenvalue weighted by atomic mass is 9.75. The molecule has 4 aliphatic heterocycles. The van der Waals surface area contributed by atoms with Crippen LogP contribution in [0, 0.1) is 0 Å². The first-order valence-corrected chi connectivity index (χ1v) is 17.8. The summed E-state index contributed by atoms with van der Waals surface area (Å²) in [4.78, 5) is 30.8. The number of esters is 1. The molecule has 7 rings (SSSR count). The Balaban J connectivity index is 1.43. The minimum Gasteiger partial charge on any atom is -0.456 e. The second-order valence-electron chi connectivity index (χ2n) is 14.0. The van der Waals surface area contributed by atoms with Gasteiger partial charge >= 0.3 is 5.97 Å². The Morgan fingerprint density at radius 2 is 1.65 bits per heavy atom. The minimum absolute atomic E-state index is 0.000164. The van der Waals surface area contributed by atoms with E-state index in [4.69, 9.17) is 55.9 Å². The summed E-state index contributed by atoms with van der Waals surface area (Å²) in [7, 11) is 2.06. The average molecular weight is 730 g/mol. The Labute approximate surface area is 301 Å². The highest BCUT2D eigenvalue weighted by Gasteiger charge is 2.57. The van der Waals surface area contributed by atoms with Gasteiger partial charge in [0, 0.05) is 78.4 Å². The summed E-state index contributed by atoms with van der Waals surface area (Å²) in [5.41, 5.74) is 5.14. The number of benzene rings is 3. The number of nitrogens with zero attached hydrogens (tertiary/aromatic N) is 2. The lowest BCUT2D eigenvalue weighted by Crippen LogP contribution is -2.42. The van der Waals surface area contributed by atoms with Gasteiger partial charge < -0.3 is 24.6 Å². The van der Waals surface area contributed by atoms with Gasteiger partial charge in [0.15, 0.2) is 5.60 Å². The van der Waals surface area contributed by atoms with Gasteiger partial charge in [0.1, 0.15) is 11.5 Å². The monoisotopic (exact) mass is 727 g/mol. The molecule has 4 aliphatic rings. The molecule has 1 amide bonds. The summed E-state index contributed by atoms with van der Waals surface area (Å²) in [5.74, 6) is 0.475. The second-order valence-corrected chi connectivity index (χ2v) is 15.5. The third-order valence-electron chi connectivity index (χ3n) is 10.0. The maximum Gasteiger partial charge on any atom is 0.341 e. The molecular weight excluding hydrogens is 692 g/mol. The molecule has 3 aromatic carbocycles. The van der Waals surface area contributed by atoms with Gasteiger partial charge in [-0.1, -0.05) is 52.5 Å². The van der Waals surface area contributed by atoms with Crippen molar-refractivity contribution < 1.29 is 19.1 Å². The molecule has 1 unspecified atom stereocenters. The Morgan fingerprint density at radius 1 is 0.979 bits per heavy atom. The van der Waals surface area contributed by atoms with Crippen molar-refractivity contribution in [3.05, 3.63) is 83.8 Å². The van der Waals surface area contributed by atoms with Gasteiger partial charge in [0.2, 0.25) is 5.91 Å². The molecule has 0 saturated carbocycles. The lowest BCUT2D eigenvalue weighted by Gasteiger charge is -2.43. The van der Waals surface area contributed by atoms with Crippen LogP contribution in [0.2, 0.25) is 20.1 Å². The third-order valence-corrected chi connectivity index (χ3v) is 11.8. The molecule has 1 atom stereocenters. The number of nitrogens with one attached hydrogen (secondary N) is 1. The van der Waals surface area contributed by atoms with Crippen LogP contribution in [0.4, 0.5) is 11.4 Å². The number of rotatable bonds is 5. The van der Waals surface area contributed by atoms with Crippen LogP contribution in [-0.2, 0) is 21.6 Å². The van der Waals surface area contributed by atoms with Crippen molar-refractivity contribution in [1.82, 2.24) is 5.32 Å². The Hall–Kier alpha value is -3.10. The van der Waals surface area contributed by atoms with Crippen LogP contribution in [0.5, 0.6) is 11.5 Å². The molecule has 0 fully saturated rings. The van der Waals surface area contributed by atoms with Crippen molar-refractivity contribution >= 4 is 75.2 Å². The molecule has 0 radical (unpaired) electrons. The second kappa shape index (κ2) is 11.8. The largest absolute Gasteiger partial charge is 0.456 e. The van der Waals surface area contributed by atoms with Crippen LogP contribution in [0.3, 0.4) is 0 Å². The summed E-state index contributed by atoms with van der Waals surface area (Å²) in [5, 5.41) is 3.13. The Kier molecular flexibility index (Phi) is 8.18. The highest BCUT2D eigenvalue weighted by Crippen LogP contribution is 2.62. The number of ether oxygens (including phenoxy) is 2. The number of fused-ring (bicyclic) bond motifs is 8. The van der Waals surface area contributed by atoms with E-state index in [1.807, 2.05) is 32.0 Å². The van der Waals surface area contributed by atoms with Crippen LogP contribution in [-0.4, -0.2) is 43.6 Å². The van der Waals surface area contributed by atoms with Crippen LogP contribution >= 0.6 is 46.4 Å². The first kappa shape index (κ1) is 33.4. The molecule has 11 heteroatoms. The number of halogens is 4. The minimum atomic E-state index is -1.50. The van der Waals surface area contributed by atoms with Crippen molar-refractivity contribution in [2.45, 2.75) is 77.5 Å². The molecule has 0 saturated heterocycles. The van der Waals surface area contributed by atoms with Crippen molar-refractivity contribution in [3.63, 3.8) is 0 Å². The van der Waals surface area contributed by atoms with Crippen molar-refractivity contribution in [2.24, 2.45) is 0 Å². The molecule has 1 spiro atoms. The van der Waals surface area contributed by atoms with Gasteiger partial charge in [-0.25, -0.2) is 4.79 Å².